The van der Waals surface area contributed by atoms with Gasteiger partial charge in [0.2, 0.25) is 0 Å². The number of hydrogen-bond donors (Lipinski definition) is 1. The zero-order valence-corrected chi connectivity index (χ0v) is 9.20. The molecule has 1 rings (SSSR count). The van der Waals surface area contributed by atoms with Crippen molar-refractivity contribution in [3.8, 4) is 0 Å². The fraction of sp³-hybridized carbons (Fsp3) is 0.333. The lowest BCUT2D eigenvalue weighted by atomic mass is 9.98. The third-order valence-corrected chi connectivity index (χ3v) is 2.37. The van der Waals surface area contributed by atoms with Gasteiger partial charge < -0.3 is 5.32 Å². The maximum absolute atomic E-state index is 13.5. The second kappa shape index (κ2) is 4.53. The van der Waals surface area contributed by atoms with Crippen molar-refractivity contribution < 1.29 is 8.78 Å². The van der Waals surface area contributed by atoms with Crippen LogP contribution >= 0.6 is 0 Å². The first-order valence-corrected chi connectivity index (χ1v) is 4.75. The molecule has 0 aliphatic rings. The fourth-order valence-electron chi connectivity index (χ4n) is 1.57. The monoisotopic (exact) mass is 211 g/mol. The molecule has 82 valence electrons. The molecule has 0 saturated heterocycles. The Kier molecular flexibility index (Phi) is 3.58. The molecule has 0 aliphatic heterocycles. The Morgan fingerprint density at radius 1 is 1.33 bits per heavy atom. The van der Waals surface area contributed by atoms with Crippen molar-refractivity contribution >= 4 is 0 Å². The molecule has 0 aromatic heterocycles. The Bertz CT molecular complexity index is 385. The van der Waals surface area contributed by atoms with Crippen molar-refractivity contribution in [3.05, 3.63) is 47.0 Å². The molecule has 0 radical (unpaired) electrons. The van der Waals surface area contributed by atoms with E-state index in [2.05, 4.69) is 11.9 Å². The van der Waals surface area contributed by atoms with Crippen molar-refractivity contribution in [2.75, 3.05) is 7.05 Å². The normalized spacial score (nSPS) is 12.6. The Hall–Kier alpha value is -1.22. The van der Waals surface area contributed by atoms with Crippen LogP contribution in [0.3, 0.4) is 0 Å². The number of benzene rings is 1. The van der Waals surface area contributed by atoms with Crippen LogP contribution in [0.4, 0.5) is 8.78 Å². The van der Waals surface area contributed by atoms with Crippen LogP contribution in [0, 0.1) is 18.6 Å². The highest BCUT2D eigenvalue weighted by Gasteiger charge is 2.16. The summed E-state index contributed by atoms with van der Waals surface area (Å²) in [5, 5.41) is 2.94. The minimum Gasteiger partial charge on any atom is -0.310 e. The van der Waals surface area contributed by atoms with Crippen molar-refractivity contribution in [1.29, 1.82) is 0 Å². The summed E-state index contributed by atoms with van der Waals surface area (Å²) in [5.41, 5.74) is 1.67. The number of hydrogen-bond acceptors (Lipinski definition) is 1. The first-order valence-electron chi connectivity index (χ1n) is 4.75. The topological polar surface area (TPSA) is 12.0 Å². The van der Waals surface area contributed by atoms with E-state index in [9.17, 15) is 8.78 Å². The number of aryl methyl sites for hydroxylation is 1. The van der Waals surface area contributed by atoms with Crippen LogP contribution in [-0.4, -0.2) is 7.05 Å². The summed E-state index contributed by atoms with van der Waals surface area (Å²) >= 11 is 0. The molecule has 0 amide bonds. The molecule has 0 aliphatic carbocycles. The molecule has 0 heterocycles. The van der Waals surface area contributed by atoms with E-state index in [0.717, 1.165) is 11.6 Å². The minimum atomic E-state index is -0.541. The van der Waals surface area contributed by atoms with Gasteiger partial charge in [-0.25, -0.2) is 8.78 Å². The average molecular weight is 211 g/mol. The molecule has 1 unspecified atom stereocenters. The van der Waals surface area contributed by atoms with Gasteiger partial charge in [-0.05, 0) is 32.5 Å². The molecule has 0 fully saturated rings. The zero-order chi connectivity index (χ0) is 11.6. The van der Waals surface area contributed by atoms with E-state index < -0.39 is 11.6 Å². The molecule has 1 aromatic rings. The van der Waals surface area contributed by atoms with Crippen LogP contribution in [0.2, 0.25) is 0 Å². The molecule has 1 aromatic carbocycles. The van der Waals surface area contributed by atoms with Gasteiger partial charge in [0.15, 0.2) is 0 Å². The summed E-state index contributed by atoms with van der Waals surface area (Å²) in [4.78, 5) is 0. The highest BCUT2D eigenvalue weighted by atomic mass is 19.1. The van der Waals surface area contributed by atoms with Gasteiger partial charge >= 0.3 is 0 Å². The minimum absolute atomic E-state index is 0.274. The molecule has 15 heavy (non-hydrogen) atoms. The first-order chi connectivity index (χ1) is 6.97. The van der Waals surface area contributed by atoms with Gasteiger partial charge in [0.25, 0.3) is 0 Å². The molecule has 1 N–H and O–H groups in total. The molecule has 0 saturated carbocycles. The Labute approximate surface area is 88.8 Å². The van der Waals surface area contributed by atoms with E-state index in [4.69, 9.17) is 0 Å². The van der Waals surface area contributed by atoms with Gasteiger partial charge in [-0.3, -0.25) is 0 Å². The van der Waals surface area contributed by atoms with Crippen LogP contribution in [0.15, 0.2) is 24.3 Å². The smallest absolute Gasteiger partial charge is 0.131 e. The lowest BCUT2D eigenvalue weighted by Crippen LogP contribution is -2.18. The number of rotatable bonds is 3. The molecule has 1 nitrogen and oxygen atoms in total. The van der Waals surface area contributed by atoms with Crippen molar-refractivity contribution in [2.24, 2.45) is 0 Å². The van der Waals surface area contributed by atoms with Gasteiger partial charge in [-0.1, -0.05) is 12.2 Å². The van der Waals surface area contributed by atoms with Crippen LogP contribution < -0.4 is 5.32 Å². The van der Waals surface area contributed by atoms with Crippen LogP contribution in [-0.2, 0) is 0 Å². The van der Waals surface area contributed by atoms with Crippen molar-refractivity contribution in [2.45, 2.75) is 19.9 Å². The van der Waals surface area contributed by atoms with Gasteiger partial charge in [0, 0.05) is 11.6 Å². The number of halogens is 2. The largest absolute Gasteiger partial charge is 0.310 e. The molecule has 1 atom stereocenters. The van der Waals surface area contributed by atoms with Crippen LogP contribution in [0.5, 0.6) is 0 Å². The standard InChI is InChI=1S/C12H15F2N/c1-7(2)12(15-4)9-5-8(3)10(13)6-11(9)14/h5-6,12,15H,1H2,2-4H3. The van der Waals surface area contributed by atoms with E-state index in [1.54, 1.807) is 20.9 Å². The third kappa shape index (κ3) is 2.42. The first kappa shape index (κ1) is 11.9. The maximum Gasteiger partial charge on any atom is 0.131 e. The number of nitrogens with one attached hydrogen (secondary N) is 1. The summed E-state index contributed by atoms with van der Waals surface area (Å²) in [6.45, 7) is 7.19. The molecule has 0 bridgehead atoms. The summed E-state index contributed by atoms with van der Waals surface area (Å²) in [6, 6.07) is 2.16. The summed E-state index contributed by atoms with van der Waals surface area (Å²) in [6.07, 6.45) is 0. The summed E-state index contributed by atoms with van der Waals surface area (Å²) < 4.78 is 26.6. The second-order valence-corrected chi connectivity index (χ2v) is 3.69. The fourth-order valence-corrected chi connectivity index (χ4v) is 1.57. The van der Waals surface area contributed by atoms with E-state index >= 15 is 0 Å². The van der Waals surface area contributed by atoms with E-state index in [-0.39, 0.29) is 6.04 Å². The highest BCUT2D eigenvalue weighted by Crippen LogP contribution is 2.24. The summed E-state index contributed by atoms with van der Waals surface area (Å²) in [5.74, 6) is -1.06. The lowest BCUT2D eigenvalue weighted by Gasteiger charge is -2.18. The predicted octanol–water partition coefficient (Wildman–Crippen LogP) is 3.11. The van der Waals surface area contributed by atoms with E-state index in [1.807, 2.05) is 0 Å². The van der Waals surface area contributed by atoms with Crippen LogP contribution in [0.1, 0.15) is 24.1 Å². The SMILES string of the molecule is C=C(C)C(NC)c1cc(C)c(F)cc1F. The zero-order valence-electron chi connectivity index (χ0n) is 9.20. The molecular formula is C12H15F2N. The summed E-state index contributed by atoms with van der Waals surface area (Å²) in [7, 11) is 1.72. The van der Waals surface area contributed by atoms with Gasteiger partial charge in [0.05, 0.1) is 6.04 Å². The predicted molar refractivity (Wildman–Crippen MR) is 57.7 cm³/mol. The maximum atomic E-state index is 13.5. The second-order valence-electron chi connectivity index (χ2n) is 3.69. The Morgan fingerprint density at radius 3 is 2.40 bits per heavy atom. The van der Waals surface area contributed by atoms with Gasteiger partial charge in [-0.2, -0.15) is 0 Å². The van der Waals surface area contributed by atoms with E-state index in [0.29, 0.717) is 11.1 Å². The molecular weight excluding hydrogens is 196 g/mol. The molecule has 0 spiro atoms. The van der Waals surface area contributed by atoms with Crippen LogP contribution in [0.25, 0.3) is 0 Å². The third-order valence-electron chi connectivity index (χ3n) is 2.37. The average Bonchev–Trinajstić information content (AvgIpc) is 2.14. The quantitative estimate of drug-likeness (QED) is 0.757. The highest BCUT2D eigenvalue weighted by molar-refractivity contribution is 5.32. The number of likely N-dealkylation sites (N-methyl/N-ethyl adjacent to an activating group) is 1. The van der Waals surface area contributed by atoms with Crippen molar-refractivity contribution in [1.82, 2.24) is 5.32 Å². The van der Waals surface area contributed by atoms with Gasteiger partial charge in [0.1, 0.15) is 11.6 Å². The Balaban J connectivity index is 3.24. The molecule has 3 heteroatoms. The van der Waals surface area contributed by atoms with Gasteiger partial charge in [-0.15, -0.1) is 0 Å². The lowest BCUT2D eigenvalue weighted by molar-refractivity contribution is 0.545. The van der Waals surface area contributed by atoms with Crippen molar-refractivity contribution in [3.63, 3.8) is 0 Å². The Morgan fingerprint density at radius 2 is 1.93 bits per heavy atom. The van der Waals surface area contributed by atoms with E-state index in [1.165, 1.54) is 6.07 Å².